The maximum Gasteiger partial charge on any atom is 0.142 e. The fourth-order valence-corrected chi connectivity index (χ4v) is 4.33. The number of para-hydroxylation sites is 1. The van der Waals surface area contributed by atoms with E-state index in [4.69, 9.17) is 4.42 Å². The van der Waals surface area contributed by atoms with E-state index in [1.165, 1.54) is 0 Å². The van der Waals surface area contributed by atoms with Crippen LogP contribution in [0.2, 0.25) is 0 Å². The van der Waals surface area contributed by atoms with E-state index in [-0.39, 0.29) is 5.75 Å². The van der Waals surface area contributed by atoms with Crippen molar-refractivity contribution in [1.29, 1.82) is 0 Å². The molecule has 23 heavy (non-hydrogen) atoms. The molecule has 0 spiro atoms. The lowest BCUT2D eigenvalue weighted by atomic mass is 9.98. The number of aromatic hydroxyl groups is 1. The SMILES string of the molecule is CCc1oc2ccccc2c1/C(=N\O)c1cc(I)c(O)c(I)c1. The number of halogens is 2. The van der Waals surface area contributed by atoms with Crippen LogP contribution in [-0.2, 0) is 6.42 Å². The van der Waals surface area contributed by atoms with Crippen molar-refractivity contribution < 1.29 is 14.7 Å². The summed E-state index contributed by atoms with van der Waals surface area (Å²) in [5, 5.41) is 24.1. The van der Waals surface area contributed by atoms with Crippen molar-refractivity contribution in [2.75, 3.05) is 0 Å². The topological polar surface area (TPSA) is 66.0 Å². The number of furan rings is 1. The van der Waals surface area contributed by atoms with Gasteiger partial charge in [-0.05, 0) is 63.4 Å². The third-order valence-corrected chi connectivity index (χ3v) is 5.26. The Kier molecular flexibility index (Phi) is 4.81. The van der Waals surface area contributed by atoms with Crippen molar-refractivity contribution in [2.45, 2.75) is 13.3 Å². The van der Waals surface area contributed by atoms with Crippen molar-refractivity contribution in [3.05, 3.63) is 60.4 Å². The van der Waals surface area contributed by atoms with Gasteiger partial charge in [-0.1, -0.05) is 30.3 Å². The lowest BCUT2D eigenvalue weighted by Gasteiger charge is -2.08. The van der Waals surface area contributed by atoms with Crippen LogP contribution in [0.5, 0.6) is 5.75 Å². The van der Waals surface area contributed by atoms with E-state index in [0.717, 1.165) is 27.9 Å². The molecular formula is C17H13I2NO3. The van der Waals surface area contributed by atoms with Crippen molar-refractivity contribution in [3.63, 3.8) is 0 Å². The molecule has 1 aromatic heterocycles. The number of phenols is 1. The van der Waals surface area contributed by atoms with Crippen LogP contribution in [0.15, 0.2) is 46.0 Å². The highest BCUT2D eigenvalue weighted by Crippen LogP contribution is 2.32. The fraction of sp³-hybridized carbons (Fsp3) is 0.118. The van der Waals surface area contributed by atoms with Crippen LogP contribution < -0.4 is 0 Å². The Morgan fingerprint density at radius 2 is 1.83 bits per heavy atom. The first-order chi connectivity index (χ1) is 11.1. The Hall–Kier alpha value is -1.29. The van der Waals surface area contributed by atoms with Crippen molar-refractivity contribution in [3.8, 4) is 5.75 Å². The molecule has 0 amide bonds. The molecule has 3 rings (SSSR count). The highest BCUT2D eigenvalue weighted by Gasteiger charge is 2.21. The first kappa shape index (κ1) is 16.6. The highest BCUT2D eigenvalue weighted by atomic mass is 127. The second-order valence-electron chi connectivity index (χ2n) is 4.99. The van der Waals surface area contributed by atoms with Gasteiger partial charge in [0.2, 0.25) is 0 Å². The Balaban J connectivity index is 2.27. The summed E-state index contributed by atoms with van der Waals surface area (Å²) < 4.78 is 7.30. The van der Waals surface area contributed by atoms with E-state index in [0.29, 0.717) is 19.3 Å². The minimum Gasteiger partial charge on any atom is -0.506 e. The summed E-state index contributed by atoms with van der Waals surface area (Å²) in [6.45, 7) is 2.00. The zero-order valence-corrected chi connectivity index (χ0v) is 16.5. The van der Waals surface area contributed by atoms with Gasteiger partial charge in [-0.15, -0.1) is 0 Å². The molecule has 118 valence electrons. The van der Waals surface area contributed by atoms with E-state index in [2.05, 4.69) is 50.3 Å². The lowest BCUT2D eigenvalue weighted by Crippen LogP contribution is -2.06. The standard InChI is InChI=1S/C17H13I2NO3/c1-2-13-15(10-5-3-4-6-14(10)23-13)16(20-22)9-7-11(18)17(21)12(19)8-9/h3-8,21-22H,2H2,1H3/b20-16-. The minimum atomic E-state index is 0.236. The lowest BCUT2D eigenvalue weighted by molar-refractivity contribution is 0.319. The molecule has 1 heterocycles. The van der Waals surface area contributed by atoms with Gasteiger partial charge in [0.05, 0.1) is 12.7 Å². The van der Waals surface area contributed by atoms with Crippen molar-refractivity contribution in [2.24, 2.45) is 5.16 Å². The van der Waals surface area contributed by atoms with Crippen LogP contribution >= 0.6 is 45.2 Å². The van der Waals surface area contributed by atoms with Gasteiger partial charge in [-0.2, -0.15) is 0 Å². The third kappa shape index (κ3) is 2.93. The molecule has 0 fully saturated rings. The first-order valence-corrected chi connectivity index (χ1v) is 9.13. The normalized spacial score (nSPS) is 12.0. The van der Waals surface area contributed by atoms with E-state index in [1.54, 1.807) is 12.1 Å². The summed E-state index contributed by atoms with van der Waals surface area (Å²) in [6.07, 6.45) is 0.690. The number of nitrogens with zero attached hydrogens (tertiary/aromatic N) is 1. The zero-order chi connectivity index (χ0) is 16.6. The van der Waals surface area contributed by atoms with E-state index in [1.807, 2.05) is 31.2 Å². The van der Waals surface area contributed by atoms with Gasteiger partial charge < -0.3 is 14.7 Å². The second kappa shape index (κ2) is 6.68. The summed E-state index contributed by atoms with van der Waals surface area (Å²) in [5.74, 6) is 1.01. The molecule has 0 saturated carbocycles. The fourth-order valence-electron chi connectivity index (χ4n) is 2.56. The second-order valence-corrected chi connectivity index (χ2v) is 7.31. The summed E-state index contributed by atoms with van der Waals surface area (Å²) in [7, 11) is 0. The monoisotopic (exact) mass is 533 g/mol. The molecule has 0 aliphatic rings. The molecule has 6 heteroatoms. The largest absolute Gasteiger partial charge is 0.506 e. The third-order valence-electron chi connectivity index (χ3n) is 3.62. The predicted molar refractivity (Wildman–Crippen MR) is 107 cm³/mol. The van der Waals surface area contributed by atoms with Gasteiger partial charge in [0, 0.05) is 17.4 Å². The average Bonchev–Trinajstić information content (AvgIpc) is 2.92. The van der Waals surface area contributed by atoms with E-state index < -0.39 is 0 Å². The zero-order valence-electron chi connectivity index (χ0n) is 12.2. The summed E-state index contributed by atoms with van der Waals surface area (Å²) in [4.78, 5) is 0. The maximum atomic E-state index is 9.95. The van der Waals surface area contributed by atoms with Crippen LogP contribution in [0, 0.1) is 7.14 Å². The molecule has 0 aliphatic carbocycles. The molecule has 0 bridgehead atoms. The van der Waals surface area contributed by atoms with Crippen LogP contribution in [0.25, 0.3) is 11.0 Å². The van der Waals surface area contributed by atoms with E-state index >= 15 is 0 Å². The summed E-state index contributed by atoms with van der Waals surface area (Å²) >= 11 is 4.13. The number of fused-ring (bicyclic) bond motifs is 1. The van der Waals surface area contributed by atoms with Gasteiger partial charge in [0.1, 0.15) is 22.8 Å². The number of phenolic OH excluding ortho intramolecular Hbond substituents is 1. The molecule has 0 aliphatic heterocycles. The molecular weight excluding hydrogens is 520 g/mol. The van der Waals surface area contributed by atoms with E-state index in [9.17, 15) is 10.3 Å². The highest BCUT2D eigenvalue weighted by molar-refractivity contribution is 14.1. The average molecular weight is 533 g/mol. The number of oxime groups is 1. The molecule has 0 atom stereocenters. The van der Waals surface area contributed by atoms with Crippen LogP contribution in [0.4, 0.5) is 0 Å². The Labute approximate surface area is 160 Å². The van der Waals surface area contributed by atoms with Crippen molar-refractivity contribution >= 4 is 61.9 Å². The van der Waals surface area contributed by atoms with Gasteiger partial charge in [0.25, 0.3) is 0 Å². The van der Waals surface area contributed by atoms with Gasteiger partial charge in [-0.3, -0.25) is 0 Å². The first-order valence-electron chi connectivity index (χ1n) is 6.98. The van der Waals surface area contributed by atoms with Gasteiger partial charge >= 0.3 is 0 Å². The molecule has 0 radical (unpaired) electrons. The number of hydrogen-bond donors (Lipinski definition) is 2. The molecule has 0 unspecified atom stereocenters. The van der Waals surface area contributed by atoms with Gasteiger partial charge in [0.15, 0.2) is 0 Å². The number of benzene rings is 2. The van der Waals surface area contributed by atoms with Crippen LogP contribution in [0.1, 0.15) is 23.8 Å². The molecule has 3 aromatic rings. The predicted octanol–water partition coefficient (Wildman–Crippen LogP) is 5.14. The van der Waals surface area contributed by atoms with Crippen molar-refractivity contribution in [1.82, 2.24) is 0 Å². The summed E-state index contributed by atoms with van der Waals surface area (Å²) in [5.41, 5.74) is 2.74. The number of hydrogen-bond acceptors (Lipinski definition) is 4. The maximum absolute atomic E-state index is 9.95. The Morgan fingerprint density at radius 1 is 1.17 bits per heavy atom. The molecule has 2 N–H and O–H groups in total. The minimum absolute atomic E-state index is 0.236. The van der Waals surface area contributed by atoms with Gasteiger partial charge in [-0.25, -0.2) is 0 Å². The number of rotatable bonds is 3. The molecule has 0 saturated heterocycles. The van der Waals surface area contributed by atoms with Crippen LogP contribution in [0.3, 0.4) is 0 Å². The molecule has 4 nitrogen and oxygen atoms in total. The summed E-state index contributed by atoms with van der Waals surface area (Å²) in [6, 6.07) is 11.3. The number of aryl methyl sites for hydroxylation is 1. The molecule has 2 aromatic carbocycles. The van der Waals surface area contributed by atoms with Crippen LogP contribution in [-0.4, -0.2) is 16.0 Å². The smallest absolute Gasteiger partial charge is 0.142 e. The Morgan fingerprint density at radius 3 is 2.43 bits per heavy atom. The Bertz CT molecular complexity index is 892. The quantitative estimate of drug-likeness (QED) is 0.212.